The van der Waals surface area contributed by atoms with E-state index in [9.17, 15) is 0 Å². The molecule has 1 heterocycles. The normalized spacial score (nSPS) is 12.7. The predicted molar refractivity (Wildman–Crippen MR) is 86.2 cm³/mol. The van der Waals surface area contributed by atoms with Crippen molar-refractivity contribution in [3.05, 3.63) is 40.4 Å². The summed E-state index contributed by atoms with van der Waals surface area (Å²) in [6.07, 6.45) is 2.36. The van der Waals surface area contributed by atoms with Gasteiger partial charge in [0.05, 0.1) is 0 Å². The Morgan fingerprint density at radius 3 is 2.76 bits per heavy atom. The predicted octanol–water partition coefficient (Wildman–Crippen LogP) is 3.09. The second kappa shape index (κ2) is 7.04. The van der Waals surface area contributed by atoms with Gasteiger partial charge in [-0.2, -0.15) is 5.10 Å². The summed E-state index contributed by atoms with van der Waals surface area (Å²) in [4.78, 5) is 4.24. The largest absolute Gasteiger partial charge is 0.486 e. The SMILES string of the molecule is CC(N)Cc1cc(OCc2ncnn2C(C)C)ccc1Br. The molecule has 1 atom stereocenters. The first-order valence-corrected chi connectivity index (χ1v) is 7.82. The maximum atomic E-state index is 5.86. The molecule has 0 fully saturated rings. The highest BCUT2D eigenvalue weighted by atomic mass is 79.9. The van der Waals surface area contributed by atoms with Crippen molar-refractivity contribution in [1.82, 2.24) is 14.8 Å². The number of ether oxygens (including phenoxy) is 1. The third-order valence-electron chi connectivity index (χ3n) is 3.06. The van der Waals surface area contributed by atoms with E-state index in [1.807, 2.05) is 29.8 Å². The maximum Gasteiger partial charge on any atom is 0.165 e. The molecule has 0 aliphatic carbocycles. The van der Waals surface area contributed by atoms with Crippen LogP contribution in [0.1, 0.15) is 38.2 Å². The Morgan fingerprint density at radius 1 is 1.33 bits per heavy atom. The average Bonchev–Trinajstić information content (AvgIpc) is 2.87. The van der Waals surface area contributed by atoms with Gasteiger partial charge in [-0.1, -0.05) is 15.9 Å². The highest BCUT2D eigenvalue weighted by molar-refractivity contribution is 9.10. The first-order valence-electron chi connectivity index (χ1n) is 7.02. The van der Waals surface area contributed by atoms with Crippen molar-refractivity contribution in [2.75, 3.05) is 0 Å². The number of halogens is 1. The Hall–Kier alpha value is -1.40. The van der Waals surface area contributed by atoms with E-state index in [1.165, 1.54) is 0 Å². The highest BCUT2D eigenvalue weighted by Gasteiger charge is 2.09. The van der Waals surface area contributed by atoms with Crippen LogP contribution in [0.2, 0.25) is 0 Å². The molecule has 21 heavy (non-hydrogen) atoms. The van der Waals surface area contributed by atoms with E-state index in [-0.39, 0.29) is 12.1 Å². The molecule has 6 heteroatoms. The molecular formula is C15H21BrN4O. The molecule has 1 aromatic carbocycles. The topological polar surface area (TPSA) is 66.0 Å². The fourth-order valence-corrected chi connectivity index (χ4v) is 2.51. The number of hydrogen-bond acceptors (Lipinski definition) is 4. The van der Waals surface area contributed by atoms with Crippen LogP contribution in [0.3, 0.4) is 0 Å². The smallest absolute Gasteiger partial charge is 0.165 e. The summed E-state index contributed by atoms with van der Waals surface area (Å²) in [6.45, 7) is 6.53. The monoisotopic (exact) mass is 352 g/mol. The van der Waals surface area contributed by atoms with E-state index >= 15 is 0 Å². The van der Waals surface area contributed by atoms with Crippen LogP contribution in [0.15, 0.2) is 29.0 Å². The van der Waals surface area contributed by atoms with Gasteiger partial charge < -0.3 is 10.5 Å². The standard InChI is InChI=1S/C15H21BrN4O/c1-10(2)20-15(18-9-19-20)8-21-13-4-5-14(16)12(7-13)6-11(3)17/h4-5,7,9-11H,6,8,17H2,1-3H3. The molecule has 2 N–H and O–H groups in total. The van der Waals surface area contributed by atoms with Gasteiger partial charge in [0.2, 0.25) is 0 Å². The van der Waals surface area contributed by atoms with Crippen molar-refractivity contribution in [3.8, 4) is 5.75 Å². The first kappa shape index (κ1) is 16.0. The quantitative estimate of drug-likeness (QED) is 0.867. The summed E-state index contributed by atoms with van der Waals surface area (Å²) in [5.74, 6) is 1.63. The Kier molecular flexibility index (Phi) is 5.36. The van der Waals surface area contributed by atoms with Gasteiger partial charge in [-0.25, -0.2) is 9.67 Å². The van der Waals surface area contributed by atoms with Gasteiger partial charge >= 0.3 is 0 Å². The van der Waals surface area contributed by atoms with Crippen LogP contribution in [0, 0.1) is 0 Å². The Labute approximate surface area is 133 Å². The van der Waals surface area contributed by atoms with Crippen LogP contribution >= 0.6 is 15.9 Å². The lowest BCUT2D eigenvalue weighted by Crippen LogP contribution is -2.18. The van der Waals surface area contributed by atoms with Gasteiger partial charge in [0.15, 0.2) is 5.82 Å². The number of nitrogens with two attached hydrogens (primary N) is 1. The minimum Gasteiger partial charge on any atom is -0.486 e. The Balaban J connectivity index is 2.08. The minimum absolute atomic E-state index is 0.112. The average molecular weight is 353 g/mol. The molecule has 0 radical (unpaired) electrons. The zero-order valence-electron chi connectivity index (χ0n) is 12.6. The zero-order chi connectivity index (χ0) is 15.4. The van der Waals surface area contributed by atoms with Crippen LogP contribution in [0.25, 0.3) is 0 Å². The lowest BCUT2D eigenvalue weighted by molar-refractivity contribution is 0.282. The molecule has 1 unspecified atom stereocenters. The van der Waals surface area contributed by atoms with Crippen LogP contribution in [-0.2, 0) is 13.0 Å². The van der Waals surface area contributed by atoms with Crippen LogP contribution in [0.4, 0.5) is 0 Å². The number of benzene rings is 1. The van der Waals surface area contributed by atoms with Gasteiger partial charge in [0.1, 0.15) is 18.7 Å². The Morgan fingerprint density at radius 2 is 2.10 bits per heavy atom. The summed E-state index contributed by atoms with van der Waals surface area (Å²) in [5.41, 5.74) is 7.01. The van der Waals surface area contributed by atoms with Gasteiger partial charge in [-0.05, 0) is 51.0 Å². The van der Waals surface area contributed by atoms with Crippen LogP contribution < -0.4 is 10.5 Å². The van der Waals surface area contributed by atoms with E-state index < -0.39 is 0 Å². The fourth-order valence-electron chi connectivity index (χ4n) is 2.10. The fraction of sp³-hybridized carbons (Fsp3) is 0.467. The summed E-state index contributed by atoms with van der Waals surface area (Å²) in [6, 6.07) is 6.32. The van der Waals surface area contributed by atoms with Crippen molar-refractivity contribution in [1.29, 1.82) is 0 Å². The van der Waals surface area contributed by atoms with Gasteiger partial charge in [0, 0.05) is 16.6 Å². The molecule has 0 spiro atoms. The van der Waals surface area contributed by atoms with Crippen molar-refractivity contribution in [3.63, 3.8) is 0 Å². The molecule has 5 nitrogen and oxygen atoms in total. The molecule has 0 saturated carbocycles. The lowest BCUT2D eigenvalue weighted by Gasteiger charge is -2.13. The third kappa shape index (κ3) is 4.28. The number of hydrogen-bond donors (Lipinski definition) is 1. The van der Waals surface area contributed by atoms with E-state index in [0.717, 1.165) is 28.0 Å². The Bertz CT molecular complexity index is 595. The molecule has 0 bridgehead atoms. The van der Waals surface area contributed by atoms with Crippen molar-refractivity contribution >= 4 is 15.9 Å². The summed E-state index contributed by atoms with van der Waals surface area (Å²) >= 11 is 3.54. The molecule has 2 rings (SSSR count). The molecular weight excluding hydrogens is 332 g/mol. The van der Waals surface area contributed by atoms with Gasteiger partial charge in [-0.3, -0.25) is 0 Å². The second-order valence-electron chi connectivity index (χ2n) is 5.44. The summed E-state index contributed by atoms with van der Waals surface area (Å²) in [5, 5.41) is 4.20. The van der Waals surface area contributed by atoms with Crippen molar-refractivity contribution < 1.29 is 4.74 Å². The van der Waals surface area contributed by atoms with Gasteiger partial charge in [0.25, 0.3) is 0 Å². The first-order chi connectivity index (χ1) is 9.97. The maximum absolute atomic E-state index is 5.86. The van der Waals surface area contributed by atoms with Gasteiger partial charge in [-0.15, -0.1) is 0 Å². The van der Waals surface area contributed by atoms with E-state index in [4.69, 9.17) is 10.5 Å². The molecule has 0 aliphatic rings. The zero-order valence-corrected chi connectivity index (χ0v) is 14.2. The van der Waals surface area contributed by atoms with E-state index in [0.29, 0.717) is 6.61 Å². The summed E-state index contributed by atoms with van der Waals surface area (Å²) < 4.78 is 8.75. The number of nitrogens with zero attached hydrogens (tertiary/aromatic N) is 3. The molecule has 0 aliphatic heterocycles. The third-order valence-corrected chi connectivity index (χ3v) is 3.84. The molecule has 1 aromatic heterocycles. The minimum atomic E-state index is 0.112. The van der Waals surface area contributed by atoms with Crippen molar-refractivity contribution in [2.24, 2.45) is 5.73 Å². The number of rotatable bonds is 6. The highest BCUT2D eigenvalue weighted by Crippen LogP contribution is 2.24. The van der Waals surface area contributed by atoms with E-state index in [1.54, 1.807) is 6.33 Å². The van der Waals surface area contributed by atoms with Crippen LogP contribution in [0.5, 0.6) is 5.75 Å². The summed E-state index contributed by atoms with van der Waals surface area (Å²) in [7, 11) is 0. The van der Waals surface area contributed by atoms with E-state index in [2.05, 4.69) is 39.9 Å². The number of aromatic nitrogens is 3. The van der Waals surface area contributed by atoms with Crippen LogP contribution in [-0.4, -0.2) is 20.8 Å². The molecule has 114 valence electrons. The lowest BCUT2D eigenvalue weighted by atomic mass is 10.1. The van der Waals surface area contributed by atoms with Crippen molar-refractivity contribution in [2.45, 2.75) is 45.9 Å². The molecule has 2 aromatic rings. The molecule has 0 amide bonds. The molecule has 0 saturated heterocycles. The second-order valence-corrected chi connectivity index (χ2v) is 6.29.